The van der Waals surface area contributed by atoms with E-state index >= 15 is 0 Å². The largest absolute Gasteiger partial charge is 0.477 e. The standard InChI is InChI=1S/C23H26N10O5S2/c1-38-30-16(13-11-40-23(25)27-13)19(34)28-17-20(35)33-18(22(36)37)12(10-39-21(17)33)9-31-7-8-32-15(31)4-3-14(29-32)26-6-2-5-24/h3-4,7-8,11,17,21H,2,5-6,9-10,24H2,1H3,(H4-,25,26,27,28,29,34,36,37)/p+1/b30-16-/t17-,21-/m1/s1. The maximum atomic E-state index is 13.1. The van der Waals surface area contributed by atoms with Crippen LogP contribution in [0.15, 0.2) is 46.3 Å². The molecule has 0 saturated carbocycles. The highest BCUT2D eigenvalue weighted by Crippen LogP contribution is 2.40. The molecule has 3 aromatic heterocycles. The molecule has 5 heterocycles. The summed E-state index contributed by atoms with van der Waals surface area (Å²) < 4.78 is 3.56. The van der Waals surface area contributed by atoms with E-state index in [0.29, 0.717) is 30.2 Å². The summed E-state index contributed by atoms with van der Waals surface area (Å²) in [6.45, 7) is 1.53. The summed E-state index contributed by atoms with van der Waals surface area (Å²) in [6.07, 6.45) is 4.40. The number of nitrogens with zero attached hydrogens (tertiary/aromatic N) is 6. The lowest BCUT2D eigenvalue weighted by atomic mass is 10.0. The Morgan fingerprint density at radius 2 is 2.20 bits per heavy atom. The number of hydrogen-bond acceptors (Lipinski definition) is 12. The van der Waals surface area contributed by atoms with Crippen LogP contribution in [0.2, 0.25) is 0 Å². The number of β-lactam (4-membered cyclic amide) rings is 1. The predicted octanol–water partition coefficient (Wildman–Crippen LogP) is -0.789. The molecule has 7 N–H and O–H groups in total. The van der Waals surface area contributed by atoms with Crippen LogP contribution in [-0.4, -0.2) is 85.5 Å². The summed E-state index contributed by atoms with van der Waals surface area (Å²) in [5, 5.41) is 25.4. The van der Waals surface area contributed by atoms with Crippen LogP contribution in [0.25, 0.3) is 5.65 Å². The minimum atomic E-state index is -1.22. The van der Waals surface area contributed by atoms with Crippen molar-refractivity contribution in [2.75, 3.05) is 37.0 Å². The van der Waals surface area contributed by atoms with Crippen LogP contribution in [0.1, 0.15) is 12.1 Å². The Balaban J connectivity index is 1.33. The Labute approximate surface area is 235 Å². The molecule has 2 amide bonds. The zero-order chi connectivity index (χ0) is 28.4. The van der Waals surface area contributed by atoms with Crippen molar-refractivity contribution in [2.45, 2.75) is 24.4 Å². The Hall–Kier alpha value is -4.22. The summed E-state index contributed by atoms with van der Waals surface area (Å²) >= 11 is 2.50. The first-order chi connectivity index (χ1) is 19.3. The van der Waals surface area contributed by atoms with Crippen molar-refractivity contribution in [1.29, 1.82) is 0 Å². The Morgan fingerprint density at radius 3 is 2.90 bits per heavy atom. The number of aromatic nitrogens is 4. The van der Waals surface area contributed by atoms with E-state index in [-0.39, 0.29) is 28.8 Å². The third kappa shape index (κ3) is 5.17. The summed E-state index contributed by atoms with van der Waals surface area (Å²) in [7, 11) is 1.28. The molecule has 2 atom stereocenters. The predicted molar refractivity (Wildman–Crippen MR) is 147 cm³/mol. The van der Waals surface area contributed by atoms with Gasteiger partial charge in [0.25, 0.3) is 11.8 Å². The van der Waals surface area contributed by atoms with E-state index < -0.39 is 29.2 Å². The highest BCUT2D eigenvalue weighted by molar-refractivity contribution is 8.00. The van der Waals surface area contributed by atoms with Gasteiger partial charge in [0.1, 0.15) is 42.7 Å². The van der Waals surface area contributed by atoms with Gasteiger partial charge in [0.15, 0.2) is 22.9 Å². The van der Waals surface area contributed by atoms with Gasteiger partial charge in [0.2, 0.25) is 0 Å². The first kappa shape index (κ1) is 27.4. The van der Waals surface area contributed by atoms with Gasteiger partial charge in [0, 0.05) is 29.3 Å². The van der Waals surface area contributed by atoms with Crippen LogP contribution in [-0.2, 0) is 25.8 Å². The van der Waals surface area contributed by atoms with Gasteiger partial charge in [-0.3, -0.25) is 14.5 Å². The van der Waals surface area contributed by atoms with Crippen molar-refractivity contribution in [3.63, 3.8) is 0 Å². The lowest BCUT2D eigenvalue weighted by molar-refractivity contribution is -0.662. The molecular weight excluding hydrogens is 560 g/mol. The normalized spacial score (nSPS) is 18.9. The molecule has 3 aromatic rings. The van der Waals surface area contributed by atoms with Gasteiger partial charge >= 0.3 is 11.6 Å². The van der Waals surface area contributed by atoms with Gasteiger partial charge in [-0.1, -0.05) is 14.8 Å². The molecule has 0 radical (unpaired) electrons. The van der Waals surface area contributed by atoms with Crippen molar-refractivity contribution in [3.8, 4) is 0 Å². The van der Waals surface area contributed by atoms with Crippen molar-refractivity contribution < 1.29 is 28.9 Å². The number of rotatable bonds is 11. The molecule has 5 rings (SSSR count). The quantitative estimate of drug-likeness (QED) is 0.0618. The lowest BCUT2D eigenvalue weighted by Gasteiger charge is -2.49. The van der Waals surface area contributed by atoms with Gasteiger partial charge in [-0.15, -0.1) is 23.1 Å². The van der Waals surface area contributed by atoms with Crippen LogP contribution in [0.4, 0.5) is 10.9 Å². The number of imidazole rings is 1. The number of nitrogen functional groups attached to an aromatic ring is 1. The minimum absolute atomic E-state index is 0.0859. The van der Waals surface area contributed by atoms with Crippen molar-refractivity contribution in [2.24, 2.45) is 10.9 Å². The van der Waals surface area contributed by atoms with E-state index in [4.69, 9.17) is 16.3 Å². The SMILES string of the molecule is CO/N=C(\C(=O)N[C@@H]1C(=O)N2C(C(=O)O)=C(C[n+]3ccn4nc(NCCCN)ccc43)CS[C@H]12)c1csc(N)n1. The van der Waals surface area contributed by atoms with Crippen molar-refractivity contribution in [1.82, 2.24) is 24.8 Å². The fraction of sp³-hybridized carbons (Fsp3) is 0.348. The van der Waals surface area contributed by atoms with Gasteiger partial charge in [-0.25, -0.2) is 14.3 Å². The third-order valence-electron chi connectivity index (χ3n) is 6.27. The van der Waals surface area contributed by atoms with Crippen molar-refractivity contribution in [3.05, 3.63) is 46.9 Å². The molecule has 1 saturated heterocycles. The van der Waals surface area contributed by atoms with Gasteiger partial charge in [-0.2, -0.15) is 0 Å². The molecule has 1 fully saturated rings. The van der Waals surface area contributed by atoms with E-state index in [9.17, 15) is 19.5 Å². The lowest BCUT2D eigenvalue weighted by Crippen LogP contribution is -2.71. The molecular formula is C23H27N10O5S2+. The molecule has 2 aliphatic rings. The van der Waals surface area contributed by atoms with Crippen LogP contribution < -0.4 is 26.7 Å². The summed E-state index contributed by atoms with van der Waals surface area (Å²) in [4.78, 5) is 48.5. The first-order valence-electron chi connectivity index (χ1n) is 12.2. The monoisotopic (exact) mass is 587 g/mol. The Bertz CT molecular complexity index is 1530. The maximum Gasteiger partial charge on any atom is 0.352 e. The second-order valence-corrected chi connectivity index (χ2v) is 10.8. The number of nitrogens with one attached hydrogen (secondary N) is 2. The van der Waals surface area contributed by atoms with E-state index in [1.165, 1.54) is 23.8 Å². The minimum Gasteiger partial charge on any atom is -0.477 e. The zero-order valence-electron chi connectivity index (χ0n) is 21.3. The van der Waals surface area contributed by atoms with E-state index in [1.54, 1.807) is 22.3 Å². The van der Waals surface area contributed by atoms with Gasteiger partial charge < -0.3 is 32.0 Å². The molecule has 2 aliphatic heterocycles. The number of nitrogens with two attached hydrogens (primary N) is 2. The molecule has 0 unspecified atom stereocenters. The van der Waals surface area contributed by atoms with Crippen LogP contribution in [0.5, 0.6) is 0 Å². The summed E-state index contributed by atoms with van der Waals surface area (Å²) in [5.74, 6) is -1.39. The first-order valence-corrected chi connectivity index (χ1v) is 14.1. The number of hydrogen-bond donors (Lipinski definition) is 5. The van der Waals surface area contributed by atoms with Gasteiger partial charge in [0.05, 0.1) is 0 Å². The van der Waals surface area contributed by atoms with E-state index in [1.807, 2.05) is 16.7 Å². The smallest absolute Gasteiger partial charge is 0.352 e. The summed E-state index contributed by atoms with van der Waals surface area (Å²) in [5.41, 5.74) is 12.5. The molecule has 40 heavy (non-hydrogen) atoms. The average molecular weight is 588 g/mol. The molecule has 0 aliphatic carbocycles. The highest BCUT2D eigenvalue weighted by Gasteiger charge is 2.54. The third-order valence-corrected chi connectivity index (χ3v) is 8.28. The number of carbonyl (C=O) groups is 3. The van der Waals surface area contributed by atoms with Gasteiger partial charge in [-0.05, 0) is 19.0 Å². The van der Waals surface area contributed by atoms with Crippen LogP contribution in [0.3, 0.4) is 0 Å². The molecule has 15 nitrogen and oxygen atoms in total. The fourth-order valence-corrected chi connectivity index (χ4v) is 6.33. The van der Waals surface area contributed by atoms with Crippen molar-refractivity contribution >= 4 is 63.2 Å². The van der Waals surface area contributed by atoms with E-state index in [0.717, 1.165) is 23.4 Å². The number of carbonyl (C=O) groups excluding carboxylic acids is 2. The zero-order valence-corrected chi connectivity index (χ0v) is 22.9. The number of thiazole rings is 1. The van der Waals surface area contributed by atoms with Crippen LogP contribution >= 0.6 is 23.1 Å². The number of anilines is 2. The molecule has 0 spiro atoms. The number of aliphatic carboxylic acids is 1. The second-order valence-electron chi connectivity index (χ2n) is 8.83. The number of amides is 2. The average Bonchev–Trinajstić information content (AvgIpc) is 3.55. The number of oxime groups is 1. The number of carboxylic acid groups (broad SMARTS) is 1. The fourth-order valence-electron chi connectivity index (χ4n) is 4.45. The summed E-state index contributed by atoms with van der Waals surface area (Å²) in [6, 6.07) is 2.78. The molecule has 0 aromatic carbocycles. The topological polar surface area (TPSA) is 206 Å². The molecule has 17 heteroatoms. The van der Waals surface area contributed by atoms with Crippen LogP contribution in [0, 0.1) is 0 Å². The molecule has 210 valence electrons. The van der Waals surface area contributed by atoms with E-state index in [2.05, 4.69) is 25.9 Å². The highest BCUT2D eigenvalue weighted by atomic mass is 32.2. The Kier molecular flexibility index (Phi) is 7.85. The Morgan fingerprint density at radius 1 is 1.38 bits per heavy atom. The number of carboxylic acids is 1. The maximum absolute atomic E-state index is 13.1. The molecule has 0 bridgehead atoms. The number of fused-ring (bicyclic) bond motifs is 2. The second kappa shape index (κ2) is 11.5. The number of thioether (sulfide) groups is 1.